The summed E-state index contributed by atoms with van der Waals surface area (Å²) in [5.41, 5.74) is 3.41. The largest absolute Gasteiger partial charge is 0.497 e. The summed E-state index contributed by atoms with van der Waals surface area (Å²) in [6.07, 6.45) is 6.48. The molecule has 7 heteroatoms. The van der Waals surface area contributed by atoms with E-state index in [1.165, 1.54) is 11.1 Å². The summed E-state index contributed by atoms with van der Waals surface area (Å²) in [7, 11) is 5.47. The number of aryl methyl sites for hydroxylation is 1. The number of ether oxygens (including phenoxy) is 5. The number of rotatable bonds is 8. The Balaban J connectivity index is 1.27. The van der Waals surface area contributed by atoms with Crippen LogP contribution in [0.4, 0.5) is 0 Å². The summed E-state index contributed by atoms with van der Waals surface area (Å²) in [5.74, 6) is 2.39. The summed E-state index contributed by atoms with van der Waals surface area (Å²) >= 11 is 0. The maximum atomic E-state index is 13.0. The van der Waals surface area contributed by atoms with E-state index in [4.69, 9.17) is 23.7 Å². The summed E-state index contributed by atoms with van der Waals surface area (Å²) in [4.78, 5) is 15.4. The van der Waals surface area contributed by atoms with Crippen LogP contribution in [0.1, 0.15) is 29.5 Å². The van der Waals surface area contributed by atoms with E-state index in [2.05, 4.69) is 30.2 Å². The average Bonchev–Trinajstić information content (AvgIpc) is 3.25. The number of carbonyl (C=O) groups is 1. The summed E-state index contributed by atoms with van der Waals surface area (Å²) < 4.78 is 29.1. The van der Waals surface area contributed by atoms with Gasteiger partial charge in [-0.05, 0) is 68.3 Å². The van der Waals surface area contributed by atoms with Gasteiger partial charge in [-0.1, -0.05) is 24.3 Å². The molecule has 2 aliphatic heterocycles. The summed E-state index contributed by atoms with van der Waals surface area (Å²) in [6.45, 7) is 1.14. The number of methoxy groups -OCH3 is 2. The molecule has 5 atom stereocenters. The molecular weight excluding hydrogens is 458 g/mol. The Morgan fingerprint density at radius 2 is 1.97 bits per heavy atom. The monoisotopic (exact) mass is 491 g/mol. The van der Waals surface area contributed by atoms with Gasteiger partial charge in [0.1, 0.15) is 11.9 Å². The third kappa shape index (κ3) is 3.59. The number of carbonyl (C=O) groups excluding carboxylic acids is 1. The molecular formula is C29H33NO6. The van der Waals surface area contributed by atoms with Gasteiger partial charge in [-0.3, -0.25) is 4.79 Å². The first-order valence-electron chi connectivity index (χ1n) is 12.7. The van der Waals surface area contributed by atoms with Gasteiger partial charge < -0.3 is 28.6 Å². The van der Waals surface area contributed by atoms with Crippen LogP contribution in [0.3, 0.4) is 0 Å². The number of hydrogen-bond donors (Lipinski definition) is 0. The lowest BCUT2D eigenvalue weighted by molar-refractivity contribution is -0.154. The Morgan fingerprint density at radius 3 is 2.75 bits per heavy atom. The molecule has 2 bridgehead atoms. The first kappa shape index (κ1) is 23.4. The van der Waals surface area contributed by atoms with Crippen LogP contribution in [-0.4, -0.2) is 63.7 Å². The summed E-state index contributed by atoms with van der Waals surface area (Å²) in [5, 5.41) is 0. The van der Waals surface area contributed by atoms with E-state index < -0.39 is 6.10 Å². The smallest absolute Gasteiger partial charge is 0.306 e. The molecule has 6 rings (SSSR count). The molecule has 1 fully saturated rings. The van der Waals surface area contributed by atoms with E-state index in [9.17, 15) is 4.79 Å². The SMILES string of the molecule is COCOc1ccc2c3c1O[C@H]1[C@@H](OC(=O)CCc4ccc(OC)cc4)C=C[C@H]4[C@@H](C2)N(C)CC[C@@]341. The lowest BCUT2D eigenvalue weighted by Crippen LogP contribution is -2.65. The average molecular weight is 492 g/mol. The second-order valence-corrected chi connectivity index (χ2v) is 10.3. The predicted octanol–water partition coefficient (Wildman–Crippen LogP) is 3.67. The molecule has 1 saturated heterocycles. The minimum Gasteiger partial charge on any atom is -0.497 e. The molecule has 2 aromatic rings. The number of likely N-dealkylation sites (tertiary alicyclic amines) is 1. The molecule has 0 radical (unpaired) electrons. The second kappa shape index (κ2) is 9.12. The van der Waals surface area contributed by atoms with Crippen molar-refractivity contribution in [3.05, 3.63) is 65.2 Å². The fourth-order valence-corrected chi connectivity index (χ4v) is 6.80. The topological polar surface area (TPSA) is 66.5 Å². The van der Waals surface area contributed by atoms with Crippen LogP contribution in [0.15, 0.2) is 48.6 Å². The minimum absolute atomic E-state index is 0.156. The van der Waals surface area contributed by atoms with E-state index >= 15 is 0 Å². The van der Waals surface area contributed by atoms with Crippen LogP contribution in [0.5, 0.6) is 17.2 Å². The van der Waals surface area contributed by atoms with Gasteiger partial charge >= 0.3 is 5.97 Å². The Labute approximate surface area is 211 Å². The van der Waals surface area contributed by atoms with Crippen molar-refractivity contribution in [3.8, 4) is 17.2 Å². The molecule has 2 aromatic carbocycles. The van der Waals surface area contributed by atoms with Gasteiger partial charge in [0.2, 0.25) is 0 Å². The van der Waals surface area contributed by atoms with Gasteiger partial charge in [-0.25, -0.2) is 0 Å². The van der Waals surface area contributed by atoms with Crippen LogP contribution in [0.2, 0.25) is 0 Å². The molecule has 0 aromatic heterocycles. The van der Waals surface area contributed by atoms with Crippen molar-refractivity contribution >= 4 is 5.97 Å². The van der Waals surface area contributed by atoms with Gasteiger partial charge in [0.15, 0.2) is 24.4 Å². The van der Waals surface area contributed by atoms with Gasteiger partial charge in [-0.15, -0.1) is 0 Å². The van der Waals surface area contributed by atoms with Crippen LogP contribution in [-0.2, 0) is 32.5 Å². The van der Waals surface area contributed by atoms with Crippen molar-refractivity contribution in [1.82, 2.24) is 4.90 Å². The highest BCUT2D eigenvalue weighted by Gasteiger charge is 2.65. The Kier molecular flexibility index (Phi) is 5.92. The Bertz CT molecular complexity index is 1180. The van der Waals surface area contributed by atoms with E-state index in [-0.39, 0.29) is 24.3 Å². The molecule has 7 nitrogen and oxygen atoms in total. The Morgan fingerprint density at radius 1 is 1.14 bits per heavy atom. The number of hydrogen-bond acceptors (Lipinski definition) is 7. The Hall–Kier alpha value is -3.03. The van der Waals surface area contributed by atoms with Gasteiger partial charge in [0, 0.05) is 36.5 Å². The zero-order valence-electron chi connectivity index (χ0n) is 21.1. The quantitative estimate of drug-likeness (QED) is 0.317. The van der Waals surface area contributed by atoms with Crippen LogP contribution >= 0.6 is 0 Å². The standard InChI is InChI=1S/C29H33NO6/c1-30-15-14-29-21-10-12-24(35-25(31)13-6-18-4-8-20(33-3)9-5-18)28(29)36-27-23(34-17-32-2)11-7-19(26(27)29)16-22(21)30/h4-5,7-12,21-22,24,28H,6,13-17H2,1-3H3/t21-,22+,24-,28-,29-/m0/s1. The minimum atomic E-state index is -0.442. The molecule has 2 heterocycles. The van der Waals surface area contributed by atoms with E-state index in [1.54, 1.807) is 14.2 Å². The number of piperidine rings is 1. The maximum absolute atomic E-state index is 13.0. The van der Waals surface area contributed by atoms with Crippen molar-refractivity contribution in [2.24, 2.45) is 5.92 Å². The molecule has 1 spiro atoms. The first-order chi connectivity index (χ1) is 17.5. The van der Waals surface area contributed by atoms with E-state index in [0.29, 0.717) is 30.6 Å². The second-order valence-electron chi connectivity index (χ2n) is 10.3. The van der Waals surface area contributed by atoms with E-state index in [1.807, 2.05) is 30.3 Å². The fourth-order valence-electron chi connectivity index (χ4n) is 6.80. The summed E-state index contributed by atoms with van der Waals surface area (Å²) in [6, 6.07) is 12.3. The molecule has 0 saturated carbocycles. The van der Waals surface area contributed by atoms with Crippen molar-refractivity contribution in [2.75, 3.05) is 34.6 Å². The molecule has 190 valence electrons. The molecule has 36 heavy (non-hydrogen) atoms. The molecule has 0 amide bonds. The van der Waals surface area contributed by atoms with Crippen molar-refractivity contribution in [2.45, 2.75) is 49.3 Å². The van der Waals surface area contributed by atoms with E-state index in [0.717, 1.165) is 36.4 Å². The zero-order valence-corrected chi connectivity index (χ0v) is 21.1. The highest BCUT2D eigenvalue weighted by atomic mass is 16.7. The number of likely N-dealkylation sites (N-methyl/N-ethyl adjacent to an activating group) is 1. The van der Waals surface area contributed by atoms with Gasteiger partial charge in [0.25, 0.3) is 0 Å². The third-order valence-electron chi connectivity index (χ3n) is 8.49. The molecule has 0 N–H and O–H groups in total. The normalized spacial score (nSPS) is 29.3. The molecule has 0 unspecified atom stereocenters. The fraction of sp³-hybridized carbons (Fsp3) is 0.483. The van der Waals surface area contributed by atoms with Crippen molar-refractivity contribution < 1.29 is 28.5 Å². The first-order valence-corrected chi connectivity index (χ1v) is 12.7. The predicted molar refractivity (Wildman–Crippen MR) is 134 cm³/mol. The third-order valence-corrected chi connectivity index (χ3v) is 8.49. The highest BCUT2D eigenvalue weighted by molar-refractivity contribution is 5.71. The number of benzene rings is 2. The zero-order chi connectivity index (χ0) is 24.9. The molecule has 2 aliphatic carbocycles. The van der Waals surface area contributed by atoms with Gasteiger partial charge in [-0.2, -0.15) is 0 Å². The molecule has 4 aliphatic rings. The lowest BCUT2D eigenvalue weighted by atomic mass is 9.53. The highest BCUT2D eigenvalue weighted by Crippen LogP contribution is 2.62. The van der Waals surface area contributed by atoms with Crippen LogP contribution < -0.4 is 14.2 Å². The lowest BCUT2D eigenvalue weighted by Gasteiger charge is -2.56. The van der Waals surface area contributed by atoms with Gasteiger partial charge in [0.05, 0.1) is 7.11 Å². The van der Waals surface area contributed by atoms with Crippen molar-refractivity contribution in [1.29, 1.82) is 0 Å². The van der Waals surface area contributed by atoms with Crippen molar-refractivity contribution in [3.63, 3.8) is 0 Å². The number of esters is 1. The van der Waals surface area contributed by atoms with Crippen LogP contribution in [0.25, 0.3) is 0 Å². The number of nitrogens with zero attached hydrogens (tertiary/aromatic N) is 1. The maximum Gasteiger partial charge on any atom is 0.306 e. The van der Waals surface area contributed by atoms with Crippen LogP contribution in [0, 0.1) is 5.92 Å².